The van der Waals surface area contributed by atoms with Gasteiger partial charge in [0.05, 0.1) is 12.0 Å². The van der Waals surface area contributed by atoms with Gasteiger partial charge in [0.25, 0.3) is 0 Å². The lowest BCUT2D eigenvalue weighted by molar-refractivity contribution is -0.156. The number of aliphatic imine (C=N–C) groups is 1. The second kappa shape index (κ2) is 9.53. The van der Waals surface area contributed by atoms with Crippen molar-refractivity contribution in [3.05, 3.63) is 65.5 Å². The highest BCUT2D eigenvalue weighted by molar-refractivity contribution is 5.94. The molecular formula is C26H34N4O3. The second-order valence-corrected chi connectivity index (χ2v) is 9.98. The van der Waals surface area contributed by atoms with E-state index in [2.05, 4.69) is 33.9 Å². The number of aliphatic hydroxyl groups excluding tert-OH is 1. The highest BCUT2D eigenvalue weighted by Gasteiger charge is 2.33. The zero-order chi connectivity index (χ0) is 23.6. The molecular weight excluding hydrogens is 416 g/mol. The molecule has 0 spiro atoms. The topological polar surface area (TPSA) is 109 Å². The number of hydrogen-bond acceptors (Lipinski definition) is 7. The Morgan fingerprint density at radius 1 is 1.33 bits per heavy atom. The van der Waals surface area contributed by atoms with E-state index in [1.165, 1.54) is 5.57 Å². The zero-order valence-electron chi connectivity index (χ0n) is 19.5. The highest BCUT2D eigenvalue weighted by atomic mass is 16.6. The first kappa shape index (κ1) is 23.3. The first-order valence-electron chi connectivity index (χ1n) is 11.6. The summed E-state index contributed by atoms with van der Waals surface area (Å²) in [5.41, 5.74) is 9.13. The van der Waals surface area contributed by atoms with Crippen LogP contribution in [0.3, 0.4) is 0 Å². The van der Waals surface area contributed by atoms with E-state index < -0.39 is 11.8 Å². The minimum atomic E-state index is -0.968. The van der Waals surface area contributed by atoms with E-state index in [0.717, 1.165) is 36.5 Å². The van der Waals surface area contributed by atoms with Gasteiger partial charge in [-0.15, -0.1) is 0 Å². The van der Waals surface area contributed by atoms with Gasteiger partial charge in [-0.2, -0.15) is 0 Å². The number of carbonyl (C=O) groups excluding carboxylic acids is 1. The quantitative estimate of drug-likeness (QED) is 0.387. The van der Waals surface area contributed by atoms with Crippen LogP contribution >= 0.6 is 0 Å². The Bertz CT molecular complexity index is 999. The van der Waals surface area contributed by atoms with Crippen LogP contribution < -0.4 is 16.4 Å². The third-order valence-electron chi connectivity index (χ3n) is 6.14. The standard InChI is InChI=1S/C26H34N4O3/c1-26(2,3)33-23(31)14-16-4-6-17(7-5-16)22-15-20-21(12-13-28-25(20)30-22)29-19-10-8-18(9-11-19)24(27)32/h6,8-13,15-16,20-21,24,29,32H,4-5,7,14,27H2,1-3H3,(H,28,30). The molecule has 33 heavy (non-hydrogen) atoms. The monoisotopic (exact) mass is 450 g/mol. The number of nitrogens with one attached hydrogen (secondary N) is 2. The van der Waals surface area contributed by atoms with Gasteiger partial charge in [-0.25, -0.2) is 4.99 Å². The fourth-order valence-electron chi connectivity index (χ4n) is 4.48. The molecule has 0 aromatic heterocycles. The van der Waals surface area contributed by atoms with Crippen molar-refractivity contribution in [1.29, 1.82) is 0 Å². The lowest BCUT2D eigenvalue weighted by atomic mass is 9.86. The van der Waals surface area contributed by atoms with Crippen LogP contribution in [-0.2, 0) is 9.53 Å². The van der Waals surface area contributed by atoms with Gasteiger partial charge in [0.15, 0.2) is 0 Å². The van der Waals surface area contributed by atoms with Crippen molar-refractivity contribution >= 4 is 17.5 Å². The Hall–Kier alpha value is -2.90. The Morgan fingerprint density at radius 3 is 2.73 bits per heavy atom. The third-order valence-corrected chi connectivity index (χ3v) is 6.14. The highest BCUT2D eigenvalue weighted by Crippen LogP contribution is 2.34. The van der Waals surface area contributed by atoms with E-state index in [-0.39, 0.29) is 17.9 Å². The predicted molar refractivity (Wildman–Crippen MR) is 130 cm³/mol. The summed E-state index contributed by atoms with van der Waals surface area (Å²) in [6, 6.07) is 7.56. The number of fused-ring (bicyclic) bond motifs is 1. The number of hydrogen-bond donors (Lipinski definition) is 4. The normalized spacial score (nSPS) is 25.2. The molecule has 0 saturated heterocycles. The van der Waals surface area contributed by atoms with Crippen LogP contribution in [0.2, 0.25) is 0 Å². The fourth-order valence-corrected chi connectivity index (χ4v) is 4.48. The molecule has 1 aliphatic carbocycles. The number of benzene rings is 1. The van der Waals surface area contributed by atoms with Gasteiger partial charge in [0, 0.05) is 24.0 Å². The van der Waals surface area contributed by atoms with Crippen molar-refractivity contribution < 1.29 is 14.6 Å². The summed E-state index contributed by atoms with van der Waals surface area (Å²) >= 11 is 0. The molecule has 4 unspecified atom stereocenters. The summed E-state index contributed by atoms with van der Waals surface area (Å²) in [6.45, 7) is 5.71. The van der Waals surface area contributed by atoms with Crippen LogP contribution in [0.25, 0.3) is 0 Å². The van der Waals surface area contributed by atoms with E-state index in [0.29, 0.717) is 17.9 Å². The Morgan fingerprint density at radius 2 is 2.09 bits per heavy atom. The molecule has 0 saturated carbocycles. The molecule has 1 aromatic rings. The molecule has 3 aliphatic rings. The van der Waals surface area contributed by atoms with Gasteiger partial charge in [-0.3, -0.25) is 4.79 Å². The van der Waals surface area contributed by atoms with Gasteiger partial charge in [0.1, 0.15) is 17.7 Å². The van der Waals surface area contributed by atoms with Crippen molar-refractivity contribution in [2.45, 2.75) is 64.3 Å². The number of esters is 1. The Labute approximate surface area is 195 Å². The van der Waals surface area contributed by atoms with Crippen molar-refractivity contribution in [2.75, 3.05) is 5.32 Å². The number of rotatable bonds is 6. The molecule has 4 rings (SSSR count). The smallest absolute Gasteiger partial charge is 0.306 e. The Balaban J connectivity index is 1.38. The van der Waals surface area contributed by atoms with Crippen molar-refractivity contribution in [2.24, 2.45) is 22.6 Å². The molecule has 4 atom stereocenters. The van der Waals surface area contributed by atoms with Crippen molar-refractivity contribution in [1.82, 2.24) is 5.32 Å². The number of anilines is 1. The van der Waals surface area contributed by atoms with Crippen LogP contribution in [0.5, 0.6) is 0 Å². The van der Waals surface area contributed by atoms with Gasteiger partial charge in [0.2, 0.25) is 0 Å². The number of carbonyl (C=O) groups is 1. The minimum Gasteiger partial charge on any atom is -0.460 e. The molecule has 2 aliphatic heterocycles. The number of allylic oxidation sites excluding steroid dienone is 2. The second-order valence-electron chi connectivity index (χ2n) is 9.98. The number of nitrogens with zero attached hydrogens (tertiary/aromatic N) is 1. The molecule has 1 aromatic carbocycles. The van der Waals surface area contributed by atoms with E-state index in [1.54, 1.807) is 0 Å². The molecule has 0 radical (unpaired) electrons. The summed E-state index contributed by atoms with van der Waals surface area (Å²) in [5, 5.41) is 16.5. The molecule has 5 N–H and O–H groups in total. The van der Waals surface area contributed by atoms with Crippen LogP contribution in [0.15, 0.2) is 65.0 Å². The van der Waals surface area contributed by atoms with E-state index >= 15 is 0 Å². The molecule has 176 valence electrons. The van der Waals surface area contributed by atoms with Crippen LogP contribution in [0.1, 0.15) is 58.2 Å². The average molecular weight is 451 g/mol. The third kappa shape index (κ3) is 5.92. The largest absolute Gasteiger partial charge is 0.460 e. The summed E-state index contributed by atoms with van der Waals surface area (Å²) in [6.07, 6.45) is 10.7. The van der Waals surface area contributed by atoms with Crippen molar-refractivity contribution in [3.8, 4) is 0 Å². The lowest BCUT2D eigenvalue weighted by Gasteiger charge is -2.25. The molecule has 7 heteroatoms. The fraction of sp³-hybridized carbons (Fsp3) is 0.462. The maximum absolute atomic E-state index is 12.2. The molecule has 7 nitrogen and oxygen atoms in total. The van der Waals surface area contributed by atoms with Crippen LogP contribution in [-0.4, -0.2) is 28.6 Å². The van der Waals surface area contributed by atoms with Crippen LogP contribution in [0, 0.1) is 11.8 Å². The number of amidine groups is 1. The lowest BCUT2D eigenvalue weighted by Crippen LogP contribution is -2.36. The van der Waals surface area contributed by atoms with Gasteiger partial charge < -0.3 is 26.2 Å². The van der Waals surface area contributed by atoms with E-state index in [9.17, 15) is 9.90 Å². The maximum Gasteiger partial charge on any atom is 0.306 e. The summed E-state index contributed by atoms with van der Waals surface area (Å²) in [4.78, 5) is 16.7. The maximum atomic E-state index is 12.2. The summed E-state index contributed by atoms with van der Waals surface area (Å²) in [5.74, 6) is 1.27. The summed E-state index contributed by atoms with van der Waals surface area (Å²) in [7, 11) is 0. The summed E-state index contributed by atoms with van der Waals surface area (Å²) < 4.78 is 5.48. The first-order valence-corrected chi connectivity index (χ1v) is 11.6. The van der Waals surface area contributed by atoms with E-state index in [1.807, 2.05) is 51.2 Å². The molecule has 0 fully saturated rings. The first-order chi connectivity index (χ1) is 15.7. The molecule has 0 bridgehead atoms. The van der Waals surface area contributed by atoms with E-state index in [4.69, 9.17) is 10.5 Å². The predicted octanol–water partition coefficient (Wildman–Crippen LogP) is 3.90. The Kier molecular flexibility index (Phi) is 6.72. The van der Waals surface area contributed by atoms with Gasteiger partial charge in [-0.1, -0.05) is 18.2 Å². The average Bonchev–Trinajstić information content (AvgIpc) is 3.19. The zero-order valence-corrected chi connectivity index (χ0v) is 19.5. The SMILES string of the molecule is CC(C)(C)OC(=O)CC1CC=C(C2=CC3C(=NC=CC3Nc3ccc(C(N)O)cc3)N2)CC1. The molecule has 2 heterocycles. The van der Waals surface area contributed by atoms with Crippen LogP contribution in [0.4, 0.5) is 5.69 Å². The number of nitrogens with two attached hydrogens (primary N) is 1. The van der Waals surface area contributed by atoms with Crippen molar-refractivity contribution in [3.63, 3.8) is 0 Å². The number of ether oxygens (including phenoxy) is 1. The number of aliphatic hydroxyl groups is 1. The van der Waals surface area contributed by atoms with Gasteiger partial charge in [-0.05, 0) is 81.4 Å². The van der Waals surface area contributed by atoms with Gasteiger partial charge >= 0.3 is 5.97 Å². The minimum absolute atomic E-state index is 0.0697. The molecule has 0 amide bonds.